The summed E-state index contributed by atoms with van der Waals surface area (Å²) in [4.78, 5) is 2.57. The van der Waals surface area contributed by atoms with Crippen LogP contribution in [0.3, 0.4) is 0 Å². The highest BCUT2D eigenvalue weighted by Gasteiger charge is 2.82. The molecule has 2 spiro atoms. The molecule has 8 rings (SSSR count). The molecule has 2 N–H and O–H groups in total. The number of fused-ring (bicyclic) bond motifs is 2. The minimum absolute atomic E-state index is 0. The maximum Gasteiger partial charge on any atom is 0.165 e. The van der Waals surface area contributed by atoms with Crippen molar-refractivity contribution >= 4 is 12.4 Å². The SMILES string of the molecule is CO[C@]12CC[C@@]3(C[C@@H]1[C@@](C)(O)C1CC1)C1Cc4ccc(O)c5c4[C@@]3(CCN1C)[C@H]2O5.Cl. The number of methoxy groups -OCH3 is 1. The number of nitrogens with zero attached hydrogens (tertiary/aromatic N) is 1. The minimum Gasteiger partial charge on any atom is -0.504 e. The number of hydrogen-bond donors (Lipinski definition) is 2. The smallest absolute Gasteiger partial charge is 0.165 e. The van der Waals surface area contributed by atoms with E-state index in [4.69, 9.17) is 9.47 Å². The van der Waals surface area contributed by atoms with E-state index in [0.717, 1.165) is 51.5 Å². The zero-order valence-corrected chi connectivity index (χ0v) is 19.5. The number of phenolic OH excluding ortho intramolecular Hbond substituents is 1. The fraction of sp³-hybridized carbons (Fsp3) is 0.760. The summed E-state index contributed by atoms with van der Waals surface area (Å²) in [5.41, 5.74) is 1.34. The Kier molecular flexibility index (Phi) is 3.92. The van der Waals surface area contributed by atoms with Gasteiger partial charge in [-0.05, 0) is 83.0 Å². The molecular weight excluding hydrogens is 414 g/mol. The second-order valence-electron chi connectivity index (χ2n) is 11.4. The van der Waals surface area contributed by atoms with Crippen LogP contribution in [-0.2, 0) is 16.6 Å². The molecule has 6 heteroatoms. The summed E-state index contributed by atoms with van der Waals surface area (Å²) in [6.07, 6.45) is 7.18. The van der Waals surface area contributed by atoms with E-state index in [2.05, 4.69) is 24.9 Å². The number of piperidine rings is 1. The van der Waals surface area contributed by atoms with Crippen molar-refractivity contribution in [3.05, 3.63) is 23.3 Å². The first-order chi connectivity index (χ1) is 14.3. The van der Waals surface area contributed by atoms with Gasteiger partial charge >= 0.3 is 0 Å². The van der Waals surface area contributed by atoms with Gasteiger partial charge in [-0.15, -0.1) is 12.4 Å². The number of hydrogen-bond acceptors (Lipinski definition) is 5. The van der Waals surface area contributed by atoms with Crippen LogP contribution in [0.2, 0.25) is 0 Å². The Hall–Kier alpha value is -1.01. The summed E-state index contributed by atoms with van der Waals surface area (Å²) < 4.78 is 13.3. The Balaban J connectivity index is 0.00000185. The van der Waals surface area contributed by atoms with Gasteiger partial charge in [0, 0.05) is 35.5 Å². The number of likely N-dealkylation sites (N-methyl/N-ethyl adjacent to an activating group) is 1. The average molecular weight is 448 g/mol. The quantitative estimate of drug-likeness (QED) is 0.743. The molecule has 5 fully saturated rings. The van der Waals surface area contributed by atoms with E-state index >= 15 is 0 Å². The summed E-state index contributed by atoms with van der Waals surface area (Å²) in [7, 11) is 4.11. The number of phenols is 1. The van der Waals surface area contributed by atoms with Gasteiger partial charge in [0.05, 0.1) is 5.60 Å². The van der Waals surface area contributed by atoms with Crippen molar-refractivity contribution in [1.29, 1.82) is 0 Å². The normalized spacial score (nSPS) is 46.0. The molecule has 1 aromatic carbocycles. The molecule has 4 bridgehead atoms. The van der Waals surface area contributed by atoms with Crippen LogP contribution in [0.25, 0.3) is 0 Å². The highest BCUT2D eigenvalue weighted by molar-refractivity contribution is 5.85. The van der Waals surface area contributed by atoms with Gasteiger partial charge in [-0.25, -0.2) is 0 Å². The molecule has 1 saturated heterocycles. The maximum absolute atomic E-state index is 11.8. The van der Waals surface area contributed by atoms with E-state index in [9.17, 15) is 10.2 Å². The lowest BCUT2D eigenvalue weighted by Crippen LogP contribution is -2.82. The Morgan fingerprint density at radius 2 is 2.00 bits per heavy atom. The molecule has 0 radical (unpaired) electrons. The van der Waals surface area contributed by atoms with Crippen LogP contribution in [0, 0.1) is 17.3 Å². The van der Waals surface area contributed by atoms with E-state index in [1.165, 1.54) is 11.1 Å². The van der Waals surface area contributed by atoms with Crippen molar-refractivity contribution in [3.63, 3.8) is 0 Å². The highest BCUT2D eigenvalue weighted by atomic mass is 35.5. The summed E-state index contributed by atoms with van der Waals surface area (Å²) >= 11 is 0. The molecule has 5 nitrogen and oxygen atoms in total. The van der Waals surface area contributed by atoms with Gasteiger partial charge in [0.1, 0.15) is 11.7 Å². The predicted octanol–water partition coefficient (Wildman–Crippen LogP) is 3.42. The maximum atomic E-state index is 11.8. The summed E-state index contributed by atoms with van der Waals surface area (Å²) in [6.45, 7) is 3.11. The lowest BCUT2D eigenvalue weighted by Gasteiger charge is -2.74. The van der Waals surface area contributed by atoms with Gasteiger partial charge in [-0.2, -0.15) is 0 Å². The fourth-order valence-electron chi connectivity index (χ4n) is 9.32. The van der Waals surface area contributed by atoms with E-state index in [1.54, 1.807) is 0 Å². The Morgan fingerprint density at radius 3 is 2.71 bits per heavy atom. The van der Waals surface area contributed by atoms with Gasteiger partial charge in [-0.3, -0.25) is 0 Å². The molecule has 0 aromatic heterocycles. The largest absolute Gasteiger partial charge is 0.504 e. The van der Waals surface area contributed by atoms with Crippen molar-refractivity contribution in [2.24, 2.45) is 17.3 Å². The summed E-state index contributed by atoms with van der Waals surface area (Å²) in [5.74, 6) is 1.40. The molecule has 31 heavy (non-hydrogen) atoms. The first-order valence-electron chi connectivity index (χ1n) is 11.8. The molecule has 4 saturated carbocycles. The number of rotatable bonds is 3. The molecule has 1 unspecified atom stereocenters. The molecule has 0 amide bonds. The monoisotopic (exact) mass is 447 g/mol. The highest BCUT2D eigenvalue weighted by Crippen LogP contribution is 2.77. The number of ether oxygens (including phenoxy) is 2. The first kappa shape index (κ1) is 20.6. The molecular formula is C25H34ClNO4. The van der Waals surface area contributed by atoms with Crippen molar-refractivity contribution in [2.75, 3.05) is 20.7 Å². The standard InChI is InChI=1S/C25H33NO4.ClH/c1-22(28,15-5-6-15)17-13-23-8-9-25(17,29-3)21-24(23)10-11-26(2)18(23)12-14-4-7-16(27)20(30-21)19(14)24;/h4,7,15,17-18,21,27-28H,5-6,8-13H2,1-3H3;1H/t17-,18?,21-,22+,23-,24+,25-;/m1./s1. The zero-order chi connectivity index (χ0) is 20.7. The first-order valence-corrected chi connectivity index (χ1v) is 11.8. The van der Waals surface area contributed by atoms with Crippen LogP contribution in [0.1, 0.15) is 56.6 Å². The molecule has 7 atom stereocenters. The lowest BCUT2D eigenvalue weighted by molar-refractivity contribution is -0.303. The number of aliphatic hydroxyl groups is 1. The minimum atomic E-state index is -0.738. The van der Waals surface area contributed by atoms with E-state index in [0.29, 0.717) is 17.7 Å². The van der Waals surface area contributed by atoms with Crippen molar-refractivity contribution < 1.29 is 19.7 Å². The van der Waals surface area contributed by atoms with Gasteiger partial charge in [0.25, 0.3) is 0 Å². The second kappa shape index (κ2) is 5.91. The van der Waals surface area contributed by atoms with Gasteiger partial charge in [0.2, 0.25) is 0 Å². The number of aromatic hydroxyl groups is 1. The Labute approximate surface area is 190 Å². The van der Waals surface area contributed by atoms with Crippen LogP contribution in [0.5, 0.6) is 11.5 Å². The third-order valence-corrected chi connectivity index (χ3v) is 10.7. The summed E-state index contributed by atoms with van der Waals surface area (Å²) in [6, 6.07) is 4.39. The predicted molar refractivity (Wildman–Crippen MR) is 119 cm³/mol. The Bertz CT molecular complexity index is 963. The zero-order valence-electron chi connectivity index (χ0n) is 18.7. The topological polar surface area (TPSA) is 62.2 Å². The third kappa shape index (κ3) is 1.99. The molecule has 7 aliphatic rings. The summed E-state index contributed by atoms with van der Waals surface area (Å²) in [5, 5.41) is 22.6. The molecule has 2 aliphatic heterocycles. The van der Waals surface area contributed by atoms with Gasteiger partial charge < -0.3 is 24.6 Å². The van der Waals surface area contributed by atoms with Crippen LogP contribution in [-0.4, -0.2) is 59.2 Å². The van der Waals surface area contributed by atoms with E-state index in [-0.39, 0.29) is 41.0 Å². The third-order valence-electron chi connectivity index (χ3n) is 10.7. The molecule has 170 valence electrons. The van der Waals surface area contributed by atoms with E-state index < -0.39 is 11.2 Å². The van der Waals surface area contributed by atoms with Gasteiger partial charge in [-0.1, -0.05) is 6.07 Å². The van der Waals surface area contributed by atoms with Crippen molar-refractivity contribution in [1.82, 2.24) is 4.90 Å². The van der Waals surface area contributed by atoms with Gasteiger partial charge in [0.15, 0.2) is 11.5 Å². The van der Waals surface area contributed by atoms with Crippen LogP contribution in [0.15, 0.2) is 12.1 Å². The van der Waals surface area contributed by atoms with Crippen LogP contribution >= 0.6 is 12.4 Å². The van der Waals surface area contributed by atoms with Crippen molar-refractivity contribution in [3.8, 4) is 11.5 Å². The van der Waals surface area contributed by atoms with E-state index in [1.807, 2.05) is 13.2 Å². The fourth-order valence-corrected chi connectivity index (χ4v) is 9.32. The van der Waals surface area contributed by atoms with Crippen LogP contribution in [0.4, 0.5) is 0 Å². The van der Waals surface area contributed by atoms with Crippen molar-refractivity contribution in [2.45, 2.75) is 80.6 Å². The number of benzene rings is 1. The second-order valence-corrected chi connectivity index (χ2v) is 11.4. The average Bonchev–Trinajstić information content (AvgIpc) is 3.53. The Morgan fingerprint density at radius 1 is 1.23 bits per heavy atom. The van der Waals surface area contributed by atoms with Crippen LogP contribution < -0.4 is 4.74 Å². The molecule has 5 aliphatic carbocycles. The number of halogens is 1. The molecule has 1 aromatic rings. The lowest BCUT2D eigenvalue weighted by atomic mass is 9.33. The molecule has 2 heterocycles. The number of likely N-dealkylation sites (tertiary alicyclic amines) is 1.